The highest BCUT2D eigenvalue weighted by molar-refractivity contribution is 7.89. The average Bonchev–Trinajstić information content (AvgIpc) is 2.83. The molecule has 1 aliphatic heterocycles. The van der Waals surface area contributed by atoms with Gasteiger partial charge in [-0.2, -0.15) is 0 Å². The SMILES string of the molecule is Cc1ccc(Oc2ccnc(Nc3ccc(S(=O)(=O)NCCN4CCN(C)CC4)cc3)c2)c(C)n1. The molecule has 3 heterocycles. The Labute approximate surface area is 207 Å². The van der Waals surface area contributed by atoms with Gasteiger partial charge in [0.25, 0.3) is 0 Å². The van der Waals surface area contributed by atoms with E-state index < -0.39 is 10.0 Å². The predicted molar refractivity (Wildman–Crippen MR) is 137 cm³/mol. The largest absolute Gasteiger partial charge is 0.455 e. The van der Waals surface area contributed by atoms with Gasteiger partial charge < -0.3 is 15.0 Å². The van der Waals surface area contributed by atoms with Crippen LogP contribution >= 0.6 is 0 Å². The van der Waals surface area contributed by atoms with Gasteiger partial charge in [0.15, 0.2) is 0 Å². The first kappa shape index (κ1) is 25.1. The molecule has 1 aromatic carbocycles. The maximum atomic E-state index is 12.7. The number of likely N-dealkylation sites (N-methyl/N-ethyl adjacent to an activating group) is 1. The lowest BCUT2D eigenvalue weighted by Gasteiger charge is -2.32. The summed E-state index contributed by atoms with van der Waals surface area (Å²) in [5.74, 6) is 1.89. The topological polar surface area (TPSA) is 99.7 Å². The lowest BCUT2D eigenvalue weighted by Crippen LogP contribution is -2.46. The molecule has 0 amide bonds. The number of piperazine rings is 1. The van der Waals surface area contributed by atoms with Crippen LogP contribution < -0.4 is 14.8 Å². The fraction of sp³-hybridized carbons (Fsp3) is 0.360. The average molecular weight is 497 g/mol. The first-order chi connectivity index (χ1) is 16.8. The van der Waals surface area contributed by atoms with Crippen molar-refractivity contribution in [3.63, 3.8) is 0 Å². The molecule has 1 saturated heterocycles. The lowest BCUT2D eigenvalue weighted by molar-refractivity contribution is 0.156. The standard InChI is InChI=1S/C25H32N6O3S/c1-19-4-9-24(20(2)28-19)34-22-10-11-26-25(18-22)29-21-5-7-23(8-6-21)35(32,33)27-12-13-31-16-14-30(3)15-17-31/h4-11,18,27H,12-17H2,1-3H3,(H,26,29). The number of hydrogen-bond acceptors (Lipinski definition) is 8. The van der Waals surface area contributed by atoms with Crippen molar-refractivity contribution in [1.82, 2.24) is 24.5 Å². The summed E-state index contributed by atoms with van der Waals surface area (Å²) in [6.07, 6.45) is 1.65. The number of nitrogens with one attached hydrogen (secondary N) is 2. The monoisotopic (exact) mass is 496 g/mol. The fourth-order valence-electron chi connectivity index (χ4n) is 3.81. The minimum Gasteiger partial charge on any atom is -0.455 e. The Morgan fingerprint density at radius 3 is 2.46 bits per heavy atom. The molecule has 9 nitrogen and oxygen atoms in total. The van der Waals surface area contributed by atoms with E-state index in [1.165, 1.54) is 0 Å². The van der Waals surface area contributed by atoms with Gasteiger partial charge >= 0.3 is 0 Å². The van der Waals surface area contributed by atoms with Crippen LogP contribution in [-0.4, -0.2) is 74.5 Å². The van der Waals surface area contributed by atoms with E-state index in [1.807, 2.05) is 26.0 Å². The van der Waals surface area contributed by atoms with Gasteiger partial charge in [-0.3, -0.25) is 9.88 Å². The fourth-order valence-corrected chi connectivity index (χ4v) is 4.83. The van der Waals surface area contributed by atoms with Gasteiger partial charge in [-0.15, -0.1) is 0 Å². The molecule has 1 fully saturated rings. The molecule has 2 N–H and O–H groups in total. The summed E-state index contributed by atoms with van der Waals surface area (Å²) >= 11 is 0. The quantitative estimate of drug-likeness (QED) is 0.466. The molecule has 0 atom stereocenters. The van der Waals surface area contributed by atoms with Crippen molar-refractivity contribution >= 4 is 21.5 Å². The smallest absolute Gasteiger partial charge is 0.240 e. The zero-order valence-corrected chi connectivity index (χ0v) is 21.2. The summed E-state index contributed by atoms with van der Waals surface area (Å²) in [7, 11) is -1.47. The zero-order chi connectivity index (χ0) is 24.8. The minimum atomic E-state index is -3.57. The molecular weight excluding hydrogens is 464 g/mol. The second kappa shape index (κ2) is 11.1. The summed E-state index contributed by atoms with van der Waals surface area (Å²) < 4.78 is 34.0. The number of ether oxygens (including phenoxy) is 1. The number of hydrogen-bond donors (Lipinski definition) is 2. The van der Waals surface area contributed by atoms with E-state index in [2.05, 4.69) is 36.9 Å². The Hall–Kier alpha value is -3.05. The van der Waals surface area contributed by atoms with Gasteiger partial charge in [0.1, 0.15) is 17.3 Å². The van der Waals surface area contributed by atoms with Crippen LogP contribution in [0.4, 0.5) is 11.5 Å². The van der Waals surface area contributed by atoms with Gasteiger partial charge in [0.2, 0.25) is 10.0 Å². The molecular formula is C25H32N6O3S. The third-order valence-corrected chi connectivity index (χ3v) is 7.37. The van der Waals surface area contributed by atoms with Gasteiger partial charge in [-0.25, -0.2) is 18.1 Å². The van der Waals surface area contributed by atoms with Crippen LogP contribution in [-0.2, 0) is 10.0 Å². The molecule has 3 aromatic rings. The first-order valence-electron chi connectivity index (χ1n) is 11.6. The summed E-state index contributed by atoms with van der Waals surface area (Å²) in [5, 5.41) is 3.19. The number of nitrogens with zero attached hydrogens (tertiary/aromatic N) is 4. The minimum absolute atomic E-state index is 0.230. The highest BCUT2D eigenvalue weighted by Crippen LogP contribution is 2.26. The summed E-state index contributed by atoms with van der Waals surface area (Å²) in [4.78, 5) is 13.5. The molecule has 0 spiro atoms. The van der Waals surface area contributed by atoms with Crippen LogP contribution in [0.5, 0.6) is 11.5 Å². The molecule has 1 aliphatic rings. The van der Waals surface area contributed by atoms with Crippen LogP contribution in [0, 0.1) is 13.8 Å². The van der Waals surface area contributed by atoms with E-state index in [9.17, 15) is 8.42 Å². The molecule has 2 aromatic heterocycles. The maximum Gasteiger partial charge on any atom is 0.240 e. The molecule has 186 valence electrons. The third-order valence-electron chi connectivity index (χ3n) is 5.89. The molecule has 0 saturated carbocycles. The number of pyridine rings is 2. The lowest BCUT2D eigenvalue weighted by atomic mass is 10.3. The van der Waals surface area contributed by atoms with E-state index >= 15 is 0 Å². The molecule has 0 unspecified atom stereocenters. The van der Waals surface area contributed by atoms with Crippen molar-refractivity contribution < 1.29 is 13.2 Å². The second-order valence-electron chi connectivity index (χ2n) is 8.71. The number of anilines is 2. The highest BCUT2D eigenvalue weighted by atomic mass is 32.2. The Kier molecular flexibility index (Phi) is 7.97. The summed E-state index contributed by atoms with van der Waals surface area (Å²) in [5.41, 5.74) is 2.46. The van der Waals surface area contributed by atoms with Crippen LogP contribution in [0.2, 0.25) is 0 Å². The molecule has 0 bridgehead atoms. The first-order valence-corrected chi connectivity index (χ1v) is 13.1. The zero-order valence-electron chi connectivity index (χ0n) is 20.4. The van der Waals surface area contributed by atoms with Crippen molar-refractivity contribution in [2.24, 2.45) is 0 Å². The Morgan fingerprint density at radius 1 is 1.00 bits per heavy atom. The van der Waals surface area contributed by atoms with Crippen LogP contribution in [0.1, 0.15) is 11.4 Å². The summed E-state index contributed by atoms with van der Waals surface area (Å²) in [6, 6.07) is 14.0. The number of aromatic nitrogens is 2. The van der Waals surface area contributed by atoms with Gasteiger partial charge in [0.05, 0.1) is 10.6 Å². The van der Waals surface area contributed by atoms with Crippen molar-refractivity contribution in [3.05, 3.63) is 66.1 Å². The normalized spacial score (nSPS) is 15.2. The maximum absolute atomic E-state index is 12.7. The van der Waals surface area contributed by atoms with E-state index in [0.717, 1.165) is 43.3 Å². The van der Waals surface area contributed by atoms with Crippen molar-refractivity contribution in [3.8, 4) is 11.5 Å². The number of benzene rings is 1. The van der Waals surface area contributed by atoms with Gasteiger partial charge in [-0.05, 0) is 63.4 Å². The van der Waals surface area contributed by atoms with Crippen LogP contribution in [0.25, 0.3) is 0 Å². The van der Waals surface area contributed by atoms with Gasteiger partial charge in [0, 0.05) is 62.9 Å². The van der Waals surface area contributed by atoms with Crippen molar-refractivity contribution in [1.29, 1.82) is 0 Å². The highest BCUT2D eigenvalue weighted by Gasteiger charge is 2.17. The molecule has 35 heavy (non-hydrogen) atoms. The van der Waals surface area contributed by atoms with Crippen LogP contribution in [0.15, 0.2) is 59.6 Å². The second-order valence-corrected chi connectivity index (χ2v) is 10.5. The number of aryl methyl sites for hydroxylation is 2. The van der Waals surface area contributed by atoms with Crippen LogP contribution in [0.3, 0.4) is 0 Å². The third kappa shape index (κ3) is 6.98. The Morgan fingerprint density at radius 2 is 1.74 bits per heavy atom. The van der Waals surface area contributed by atoms with Crippen molar-refractivity contribution in [2.75, 3.05) is 51.6 Å². The van der Waals surface area contributed by atoms with E-state index in [1.54, 1.807) is 42.6 Å². The molecule has 0 aliphatic carbocycles. The Bertz CT molecular complexity index is 1240. The van der Waals surface area contributed by atoms with E-state index in [-0.39, 0.29) is 4.90 Å². The molecule has 0 radical (unpaired) electrons. The Balaban J connectivity index is 1.33. The van der Waals surface area contributed by atoms with E-state index in [0.29, 0.717) is 30.4 Å². The number of sulfonamides is 1. The molecule has 4 rings (SSSR count). The van der Waals surface area contributed by atoms with Gasteiger partial charge in [-0.1, -0.05) is 0 Å². The summed E-state index contributed by atoms with van der Waals surface area (Å²) in [6.45, 7) is 8.86. The van der Waals surface area contributed by atoms with E-state index in [4.69, 9.17) is 4.74 Å². The van der Waals surface area contributed by atoms with Crippen molar-refractivity contribution in [2.45, 2.75) is 18.7 Å². The number of rotatable bonds is 9. The molecule has 10 heteroatoms. The predicted octanol–water partition coefficient (Wildman–Crippen LogP) is 3.16.